The fourth-order valence-electron chi connectivity index (χ4n) is 2.01. The standard InChI is InChI=1S/C11H17N3O2S/c1-11(10(15)12-2)8-14(4-5-16-11)7-9-13-3-6-17-9/h3,6H,4-5,7-8H2,1-2H3,(H,12,15)/t11-/m0/s1. The Hall–Kier alpha value is -0.980. The van der Waals surface area contributed by atoms with E-state index < -0.39 is 5.60 Å². The molecule has 0 bridgehead atoms. The van der Waals surface area contributed by atoms with Crippen molar-refractivity contribution < 1.29 is 9.53 Å². The fraction of sp³-hybridized carbons (Fsp3) is 0.636. The summed E-state index contributed by atoms with van der Waals surface area (Å²) in [5.41, 5.74) is -0.746. The highest BCUT2D eigenvalue weighted by Crippen LogP contribution is 2.20. The first kappa shape index (κ1) is 12.5. The van der Waals surface area contributed by atoms with Crippen molar-refractivity contribution in [3.8, 4) is 0 Å². The van der Waals surface area contributed by atoms with Gasteiger partial charge < -0.3 is 10.1 Å². The highest BCUT2D eigenvalue weighted by atomic mass is 32.1. The van der Waals surface area contributed by atoms with Crippen LogP contribution in [0.5, 0.6) is 0 Å². The Morgan fingerprint density at radius 3 is 3.24 bits per heavy atom. The van der Waals surface area contributed by atoms with E-state index in [0.29, 0.717) is 13.2 Å². The molecule has 5 nitrogen and oxygen atoms in total. The highest BCUT2D eigenvalue weighted by molar-refractivity contribution is 7.09. The first-order valence-corrected chi connectivity index (χ1v) is 6.49. The van der Waals surface area contributed by atoms with Gasteiger partial charge in [-0.25, -0.2) is 4.98 Å². The second-order valence-electron chi connectivity index (χ2n) is 4.29. The van der Waals surface area contributed by atoms with Gasteiger partial charge in [-0.05, 0) is 6.92 Å². The molecule has 1 aromatic heterocycles. The monoisotopic (exact) mass is 255 g/mol. The van der Waals surface area contributed by atoms with Crippen LogP contribution in [-0.4, -0.2) is 48.1 Å². The van der Waals surface area contributed by atoms with Crippen LogP contribution in [0, 0.1) is 0 Å². The lowest BCUT2D eigenvalue weighted by Crippen LogP contribution is -2.57. The number of aromatic nitrogens is 1. The molecule has 1 fully saturated rings. The Kier molecular flexibility index (Phi) is 3.76. The number of hydrogen-bond donors (Lipinski definition) is 1. The van der Waals surface area contributed by atoms with Gasteiger partial charge in [0.1, 0.15) is 5.01 Å². The van der Waals surface area contributed by atoms with Gasteiger partial charge in [0.05, 0.1) is 13.2 Å². The molecule has 1 aliphatic heterocycles. The summed E-state index contributed by atoms with van der Waals surface area (Å²) >= 11 is 1.64. The van der Waals surface area contributed by atoms with Crippen LogP contribution in [0.15, 0.2) is 11.6 Å². The number of likely N-dealkylation sites (N-methyl/N-ethyl adjacent to an activating group) is 1. The molecule has 94 valence electrons. The quantitative estimate of drug-likeness (QED) is 0.853. The van der Waals surface area contributed by atoms with Gasteiger partial charge in [0.15, 0.2) is 5.60 Å². The minimum atomic E-state index is -0.746. The molecule has 17 heavy (non-hydrogen) atoms. The number of hydrogen-bond acceptors (Lipinski definition) is 5. The van der Waals surface area contributed by atoms with E-state index in [0.717, 1.165) is 18.1 Å². The second kappa shape index (κ2) is 5.12. The Bertz CT molecular complexity index is 382. The number of morpholine rings is 1. The Morgan fingerprint density at radius 2 is 2.59 bits per heavy atom. The number of thiazole rings is 1. The average Bonchev–Trinajstić information content (AvgIpc) is 2.81. The van der Waals surface area contributed by atoms with Crippen LogP contribution in [0.25, 0.3) is 0 Å². The molecule has 1 aromatic rings. The van der Waals surface area contributed by atoms with Gasteiger partial charge in [-0.1, -0.05) is 0 Å². The first-order valence-electron chi connectivity index (χ1n) is 5.61. The highest BCUT2D eigenvalue weighted by Gasteiger charge is 2.38. The second-order valence-corrected chi connectivity index (χ2v) is 5.27. The summed E-state index contributed by atoms with van der Waals surface area (Å²) in [5.74, 6) is -0.0682. The smallest absolute Gasteiger partial charge is 0.253 e. The number of rotatable bonds is 3. The predicted octanol–water partition coefficient (Wildman–Crippen LogP) is 0.480. The predicted molar refractivity (Wildman–Crippen MR) is 65.8 cm³/mol. The SMILES string of the molecule is CNC(=O)[C@]1(C)CN(Cc2nccs2)CCO1. The zero-order chi connectivity index (χ0) is 12.3. The summed E-state index contributed by atoms with van der Waals surface area (Å²) in [7, 11) is 1.64. The van der Waals surface area contributed by atoms with E-state index in [4.69, 9.17) is 4.74 Å². The Labute approximate surface area is 105 Å². The minimum Gasteiger partial charge on any atom is -0.363 e. The van der Waals surface area contributed by atoms with E-state index in [1.54, 1.807) is 24.6 Å². The third-order valence-electron chi connectivity index (χ3n) is 2.90. The number of carbonyl (C=O) groups excluding carboxylic acids is 1. The fourth-order valence-corrected chi connectivity index (χ4v) is 2.67. The number of ether oxygens (including phenoxy) is 1. The van der Waals surface area contributed by atoms with Gasteiger partial charge in [0, 0.05) is 31.7 Å². The van der Waals surface area contributed by atoms with Crippen molar-refractivity contribution in [1.82, 2.24) is 15.2 Å². The van der Waals surface area contributed by atoms with E-state index >= 15 is 0 Å². The Morgan fingerprint density at radius 1 is 1.76 bits per heavy atom. The summed E-state index contributed by atoms with van der Waals surface area (Å²) in [6, 6.07) is 0. The maximum Gasteiger partial charge on any atom is 0.253 e. The summed E-state index contributed by atoms with van der Waals surface area (Å²) in [6.45, 7) is 4.64. The molecule has 1 amide bonds. The molecular formula is C11H17N3O2S. The van der Waals surface area contributed by atoms with Crippen molar-refractivity contribution in [3.63, 3.8) is 0 Å². The van der Waals surface area contributed by atoms with Crippen LogP contribution in [0.1, 0.15) is 11.9 Å². The lowest BCUT2D eigenvalue weighted by Gasteiger charge is -2.38. The van der Waals surface area contributed by atoms with E-state index in [9.17, 15) is 4.79 Å². The number of carbonyl (C=O) groups is 1. The maximum atomic E-state index is 11.8. The van der Waals surface area contributed by atoms with Crippen LogP contribution < -0.4 is 5.32 Å². The van der Waals surface area contributed by atoms with Crippen LogP contribution in [0.3, 0.4) is 0 Å². The zero-order valence-corrected chi connectivity index (χ0v) is 10.9. The summed E-state index contributed by atoms with van der Waals surface area (Å²) in [4.78, 5) is 18.2. The van der Waals surface area contributed by atoms with Gasteiger partial charge in [0.25, 0.3) is 5.91 Å². The number of nitrogens with one attached hydrogen (secondary N) is 1. The van der Waals surface area contributed by atoms with Crippen LogP contribution in [-0.2, 0) is 16.1 Å². The number of amides is 1. The lowest BCUT2D eigenvalue weighted by atomic mass is 10.0. The molecule has 1 N–H and O–H groups in total. The van der Waals surface area contributed by atoms with Crippen molar-refractivity contribution in [2.24, 2.45) is 0 Å². The van der Waals surface area contributed by atoms with Crippen LogP contribution in [0.4, 0.5) is 0 Å². The normalized spacial score (nSPS) is 25.8. The van der Waals surface area contributed by atoms with Crippen LogP contribution >= 0.6 is 11.3 Å². The molecule has 0 spiro atoms. The third-order valence-corrected chi connectivity index (χ3v) is 3.67. The molecule has 6 heteroatoms. The van der Waals surface area contributed by atoms with E-state index in [1.807, 2.05) is 12.3 Å². The van der Waals surface area contributed by atoms with Gasteiger partial charge >= 0.3 is 0 Å². The van der Waals surface area contributed by atoms with Gasteiger partial charge in [-0.15, -0.1) is 11.3 Å². The molecule has 1 atom stereocenters. The third kappa shape index (κ3) is 2.83. The van der Waals surface area contributed by atoms with Gasteiger partial charge in [-0.2, -0.15) is 0 Å². The van der Waals surface area contributed by atoms with E-state index in [2.05, 4.69) is 15.2 Å². The van der Waals surface area contributed by atoms with Gasteiger partial charge in [0.2, 0.25) is 0 Å². The van der Waals surface area contributed by atoms with Gasteiger partial charge in [-0.3, -0.25) is 9.69 Å². The van der Waals surface area contributed by atoms with Crippen molar-refractivity contribution >= 4 is 17.2 Å². The molecule has 0 aromatic carbocycles. The molecule has 2 rings (SSSR count). The topological polar surface area (TPSA) is 54.5 Å². The van der Waals surface area contributed by atoms with E-state index in [-0.39, 0.29) is 5.91 Å². The van der Waals surface area contributed by atoms with E-state index in [1.165, 1.54) is 0 Å². The van der Waals surface area contributed by atoms with Crippen molar-refractivity contribution in [1.29, 1.82) is 0 Å². The number of nitrogens with zero attached hydrogens (tertiary/aromatic N) is 2. The van der Waals surface area contributed by atoms with Crippen molar-refractivity contribution in [3.05, 3.63) is 16.6 Å². The summed E-state index contributed by atoms with van der Waals surface area (Å²) in [6.07, 6.45) is 1.80. The minimum absolute atomic E-state index is 0.0682. The van der Waals surface area contributed by atoms with Crippen molar-refractivity contribution in [2.45, 2.75) is 19.1 Å². The average molecular weight is 255 g/mol. The van der Waals surface area contributed by atoms with Crippen molar-refractivity contribution in [2.75, 3.05) is 26.7 Å². The molecule has 2 heterocycles. The summed E-state index contributed by atoms with van der Waals surface area (Å²) in [5, 5.41) is 5.69. The molecule has 0 radical (unpaired) electrons. The molecule has 0 aliphatic carbocycles. The largest absolute Gasteiger partial charge is 0.363 e. The molecule has 1 aliphatic rings. The summed E-state index contributed by atoms with van der Waals surface area (Å²) < 4.78 is 5.60. The lowest BCUT2D eigenvalue weighted by molar-refractivity contribution is -0.156. The zero-order valence-electron chi connectivity index (χ0n) is 10.1. The molecule has 0 unspecified atom stereocenters. The maximum absolute atomic E-state index is 11.8. The van der Waals surface area contributed by atoms with Crippen LogP contribution in [0.2, 0.25) is 0 Å². The molecular weight excluding hydrogens is 238 g/mol. The Balaban J connectivity index is 1.99. The molecule has 1 saturated heterocycles. The molecule has 0 saturated carbocycles. The first-order chi connectivity index (χ1) is 8.14.